The molecule has 0 amide bonds. The summed E-state index contributed by atoms with van der Waals surface area (Å²) >= 11 is 0. The van der Waals surface area contributed by atoms with Crippen LogP contribution in [0.25, 0.3) is 10.8 Å². The first-order valence-corrected chi connectivity index (χ1v) is 3.88. The van der Waals surface area contributed by atoms with Crippen LogP contribution in [0.1, 0.15) is 0 Å². The number of anilines is 1. The Balaban J connectivity index is 2.92. The van der Waals surface area contributed by atoms with Crippen LogP contribution >= 0.6 is 0 Å². The summed E-state index contributed by atoms with van der Waals surface area (Å²) in [6.07, 6.45) is 0. The minimum absolute atomic E-state index is 0.143. The van der Waals surface area contributed by atoms with E-state index < -0.39 is 0 Å². The van der Waals surface area contributed by atoms with Gasteiger partial charge in [0.25, 0.3) is 0 Å². The van der Waals surface area contributed by atoms with Gasteiger partial charge in [0.05, 0.1) is 0 Å². The Morgan fingerprint density at radius 2 is 1.69 bits per heavy atom. The number of hydrogen-bond donors (Lipinski definition) is 3. The molecule has 2 aromatic carbocycles. The third-order valence-corrected chi connectivity index (χ3v) is 2.01. The number of phenols is 2. The fourth-order valence-electron chi connectivity index (χ4n) is 1.34. The second-order valence-electron chi connectivity index (χ2n) is 2.90. The first kappa shape index (κ1) is 7.73. The molecule has 0 radical (unpaired) electrons. The van der Waals surface area contributed by atoms with Crippen LogP contribution in [0.4, 0.5) is 5.69 Å². The van der Waals surface area contributed by atoms with Crippen LogP contribution in [0.5, 0.6) is 11.5 Å². The van der Waals surface area contributed by atoms with Crippen LogP contribution in [0.15, 0.2) is 30.3 Å². The van der Waals surface area contributed by atoms with Crippen LogP contribution in [0, 0.1) is 0 Å². The van der Waals surface area contributed by atoms with E-state index in [0.29, 0.717) is 16.5 Å². The first-order chi connectivity index (χ1) is 6.18. The minimum Gasteiger partial charge on any atom is -0.508 e. The van der Waals surface area contributed by atoms with Gasteiger partial charge in [0, 0.05) is 16.5 Å². The molecule has 3 nitrogen and oxygen atoms in total. The highest BCUT2D eigenvalue weighted by atomic mass is 16.3. The Kier molecular flexibility index (Phi) is 1.52. The molecule has 0 unspecified atom stereocenters. The Hall–Kier alpha value is -1.90. The first-order valence-electron chi connectivity index (χ1n) is 3.88. The zero-order valence-electron chi connectivity index (χ0n) is 6.86. The highest BCUT2D eigenvalue weighted by molar-refractivity contribution is 5.97. The van der Waals surface area contributed by atoms with Gasteiger partial charge in [-0.15, -0.1) is 0 Å². The van der Waals surface area contributed by atoms with E-state index in [0.717, 1.165) is 0 Å². The molecule has 0 atom stereocenters. The summed E-state index contributed by atoms with van der Waals surface area (Å²) in [7, 11) is 0. The highest BCUT2D eigenvalue weighted by Gasteiger charge is 2.02. The lowest BCUT2D eigenvalue weighted by molar-refractivity contribution is 0.475. The highest BCUT2D eigenvalue weighted by Crippen LogP contribution is 2.31. The van der Waals surface area contributed by atoms with Crippen LogP contribution in [0.2, 0.25) is 0 Å². The second kappa shape index (κ2) is 2.55. The van der Waals surface area contributed by atoms with Gasteiger partial charge in [0.2, 0.25) is 0 Å². The average Bonchev–Trinajstić information content (AvgIpc) is 2.12. The predicted molar refractivity (Wildman–Crippen MR) is 51.7 cm³/mol. The maximum Gasteiger partial charge on any atom is 0.123 e. The Labute approximate surface area is 75.0 Å². The van der Waals surface area contributed by atoms with Gasteiger partial charge in [0.1, 0.15) is 11.5 Å². The summed E-state index contributed by atoms with van der Waals surface area (Å²) in [6.45, 7) is 0. The minimum atomic E-state index is 0.143. The molecule has 0 heterocycles. The molecule has 3 heteroatoms. The van der Waals surface area contributed by atoms with E-state index in [-0.39, 0.29) is 11.5 Å². The largest absolute Gasteiger partial charge is 0.508 e. The number of benzene rings is 2. The van der Waals surface area contributed by atoms with Crippen molar-refractivity contribution in [2.75, 3.05) is 5.73 Å². The molecular formula is C10H9NO2. The number of rotatable bonds is 0. The van der Waals surface area contributed by atoms with E-state index in [1.165, 1.54) is 18.2 Å². The lowest BCUT2D eigenvalue weighted by Crippen LogP contribution is -1.86. The summed E-state index contributed by atoms with van der Waals surface area (Å²) in [4.78, 5) is 0. The third kappa shape index (κ3) is 1.14. The van der Waals surface area contributed by atoms with Gasteiger partial charge in [-0.1, -0.05) is 0 Å². The molecule has 0 bridgehead atoms. The lowest BCUT2D eigenvalue weighted by atomic mass is 10.1. The summed E-state index contributed by atoms with van der Waals surface area (Å²) in [5.41, 5.74) is 6.22. The SMILES string of the molecule is Nc1ccc(O)c2ccc(O)cc12. The molecule has 0 saturated carbocycles. The molecule has 0 aliphatic carbocycles. The number of aromatic hydroxyl groups is 2. The molecule has 0 aromatic heterocycles. The fourth-order valence-corrected chi connectivity index (χ4v) is 1.34. The molecular weight excluding hydrogens is 166 g/mol. The molecule has 4 N–H and O–H groups in total. The van der Waals surface area contributed by atoms with Gasteiger partial charge in [-0.3, -0.25) is 0 Å². The maximum absolute atomic E-state index is 9.45. The smallest absolute Gasteiger partial charge is 0.123 e. The van der Waals surface area contributed by atoms with E-state index >= 15 is 0 Å². The monoisotopic (exact) mass is 175 g/mol. The van der Waals surface area contributed by atoms with Crippen molar-refractivity contribution in [1.29, 1.82) is 0 Å². The molecule has 0 aliphatic heterocycles. The Morgan fingerprint density at radius 3 is 2.46 bits per heavy atom. The normalized spacial score (nSPS) is 10.5. The topological polar surface area (TPSA) is 66.5 Å². The molecule has 0 fully saturated rings. The van der Waals surface area contributed by atoms with Gasteiger partial charge in [-0.05, 0) is 30.3 Å². The zero-order chi connectivity index (χ0) is 9.42. The van der Waals surface area contributed by atoms with Crippen molar-refractivity contribution in [3.63, 3.8) is 0 Å². The van der Waals surface area contributed by atoms with Crippen molar-refractivity contribution in [2.24, 2.45) is 0 Å². The van der Waals surface area contributed by atoms with Gasteiger partial charge in [-0.25, -0.2) is 0 Å². The number of phenolic OH excluding ortho intramolecular Hbond substituents is 2. The van der Waals surface area contributed by atoms with Crippen LogP contribution < -0.4 is 5.73 Å². The summed E-state index contributed by atoms with van der Waals surface area (Å²) in [5, 5.41) is 20.0. The standard InChI is InChI=1S/C10H9NO2/c11-9-3-4-10(13)7-2-1-6(12)5-8(7)9/h1-5,12-13H,11H2. The quantitative estimate of drug-likeness (QED) is 0.422. The van der Waals surface area contributed by atoms with Crippen LogP contribution in [-0.2, 0) is 0 Å². The van der Waals surface area contributed by atoms with Crippen molar-refractivity contribution >= 4 is 16.5 Å². The van der Waals surface area contributed by atoms with Crippen molar-refractivity contribution in [3.05, 3.63) is 30.3 Å². The van der Waals surface area contributed by atoms with Crippen molar-refractivity contribution < 1.29 is 10.2 Å². The molecule has 13 heavy (non-hydrogen) atoms. The molecule has 0 aliphatic rings. The van der Waals surface area contributed by atoms with Crippen molar-refractivity contribution in [1.82, 2.24) is 0 Å². The Bertz CT molecular complexity index is 466. The van der Waals surface area contributed by atoms with E-state index in [1.807, 2.05) is 0 Å². The number of hydrogen-bond acceptors (Lipinski definition) is 3. The summed E-state index contributed by atoms with van der Waals surface area (Å²) in [6, 6.07) is 7.83. The van der Waals surface area contributed by atoms with Crippen molar-refractivity contribution in [2.45, 2.75) is 0 Å². The van der Waals surface area contributed by atoms with Gasteiger partial charge in [-0.2, -0.15) is 0 Å². The van der Waals surface area contributed by atoms with Crippen molar-refractivity contribution in [3.8, 4) is 11.5 Å². The van der Waals surface area contributed by atoms with Gasteiger partial charge in [0.15, 0.2) is 0 Å². The number of fused-ring (bicyclic) bond motifs is 1. The molecule has 2 rings (SSSR count). The Morgan fingerprint density at radius 1 is 0.923 bits per heavy atom. The number of nitrogens with two attached hydrogens (primary N) is 1. The molecule has 0 saturated heterocycles. The third-order valence-electron chi connectivity index (χ3n) is 2.01. The van der Waals surface area contributed by atoms with Crippen LogP contribution in [0.3, 0.4) is 0 Å². The van der Waals surface area contributed by atoms with E-state index in [4.69, 9.17) is 5.73 Å². The summed E-state index contributed by atoms with van der Waals surface area (Å²) < 4.78 is 0. The lowest BCUT2D eigenvalue weighted by Gasteiger charge is -2.04. The van der Waals surface area contributed by atoms with E-state index in [2.05, 4.69) is 0 Å². The van der Waals surface area contributed by atoms with E-state index in [9.17, 15) is 10.2 Å². The molecule has 66 valence electrons. The van der Waals surface area contributed by atoms with Crippen LogP contribution in [-0.4, -0.2) is 10.2 Å². The van der Waals surface area contributed by atoms with Gasteiger partial charge < -0.3 is 15.9 Å². The molecule has 2 aromatic rings. The fraction of sp³-hybridized carbons (Fsp3) is 0. The van der Waals surface area contributed by atoms with Gasteiger partial charge >= 0.3 is 0 Å². The number of nitrogen functional groups attached to an aromatic ring is 1. The second-order valence-corrected chi connectivity index (χ2v) is 2.90. The van der Waals surface area contributed by atoms with E-state index in [1.54, 1.807) is 12.1 Å². The average molecular weight is 175 g/mol. The molecule has 0 spiro atoms. The predicted octanol–water partition coefficient (Wildman–Crippen LogP) is 1.83. The zero-order valence-corrected chi connectivity index (χ0v) is 6.86. The summed E-state index contributed by atoms with van der Waals surface area (Å²) in [5.74, 6) is 0.314. The maximum atomic E-state index is 9.45.